The Balaban J connectivity index is 1.76. The first-order chi connectivity index (χ1) is 11.2. The third-order valence-electron chi connectivity index (χ3n) is 4.28. The van der Waals surface area contributed by atoms with Crippen LogP contribution in [0.3, 0.4) is 0 Å². The maximum absolute atomic E-state index is 5.59. The number of ether oxygens (including phenoxy) is 2. The lowest BCUT2D eigenvalue weighted by molar-refractivity contribution is 0.0301. The Labute approximate surface area is 141 Å². The summed E-state index contributed by atoms with van der Waals surface area (Å²) in [6.45, 7) is 2.71. The van der Waals surface area contributed by atoms with Gasteiger partial charge in [-0.3, -0.25) is 9.47 Å². The highest BCUT2D eigenvalue weighted by molar-refractivity contribution is 7.71. The number of methoxy groups -OCH3 is 2. The third kappa shape index (κ3) is 3.46. The summed E-state index contributed by atoms with van der Waals surface area (Å²) in [5.74, 6) is 0.782. The fraction of sp³-hybridized carbons (Fsp3) is 0.500. The Morgan fingerprint density at radius 2 is 1.96 bits per heavy atom. The van der Waals surface area contributed by atoms with Gasteiger partial charge in [0.15, 0.2) is 0 Å². The summed E-state index contributed by atoms with van der Waals surface area (Å²) in [5.41, 5.74) is 0.907. The van der Waals surface area contributed by atoms with E-state index in [0.717, 1.165) is 37.4 Å². The van der Waals surface area contributed by atoms with Crippen LogP contribution in [-0.4, -0.2) is 52.7 Å². The molecule has 2 heterocycles. The quantitative estimate of drug-likeness (QED) is 0.786. The van der Waals surface area contributed by atoms with Gasteiger partial charge in [0.1, 0.15) is 12.1 Å². The van der Waals surface area contributed by atoms with Crippen LogP contribution in [0.15, 0.2) is 30.6 Å². The van der Waals surface area contributed by atoms with Crippen molar-refractivity contribution in [1.29, 1.82) is 0 Å². The van der Waals surface area contributed by atoms with E-state index < -0.39 is 0 Å². The van der Waals surface area contributed by atoms with E-state index >= 15 is 0 Å². The monoisotopic (exact) mass is 334 g/mol. The van der Waals surface area contributed by atoms with Gasteiger partial charge in [0.25, 0.3) is 0 Å². The van der Waals surface area contributed by atoms with Crippen LogP contribution in [0.2, 0.25) is 0 Å². The van der Waals surface area contributed by atoms with E-state index in [1.165, 1.54) is 0 Å². The number of rotatable bonds is 5. The van der Waals surface area contributed by atoms with E-state index in [1.807, 2.05) is 33.5 Å². The van der Waals surface area contributed by atoms with Gasteiger partial charge in [-0.2, -0.15) is 5.10 Å². The van der Waals surface area contributed by atoms with Crippen LogP contribution in [-0.2, 0) is 11.4 Å². The maximum atomic E-state index is 5.59. The number of aromatic nitrogens is 3. The van der Waals surface area contributed by atoms with Gasteiger partial charge in [0, 0.05) is 20.2 Å². The zero-order valence-electron chi connectivity index (χ0n) is 13.5. The van der Waals surface area contributed by atoms with Crippen LogP contribution in [0.4, 0.5) is 0 Å². The average Bonchev–Trinajstić information content (AvgIpc) is 2.96. The molecule has 1 aliphatic heterocycles. The van der Waals surface area contributed by atoms with E-state index in [9.17, 15) is 0 Å². The molecule has 1 aromatic carbocycles. The number of para-hydroxylation sites is 2. The minimum Gasteiger partial charge on any atom is -0.495 e. The first-order valence-corrected chi connectivity index (χ1v) is 8.16. The fourth-order valence-electron chi connectivity index (χ4n) is 2.90. The van der Waals surface area contributed by atoms with Crippen molar-refractivity contribution in [2.75, 3.05) is 27.3 Å². The van der Waals surface area contributed by atoms with Crippen LogP contribution < -0.4 is 4.74 Å². The van der Waals surface area contributed by atoms with Crippen molar-refractivity contribution in [2.45, 2.75) is 25.6 Å². The Morgan fingerprint density at radius 1 is 1.22 bits per heavy atom. The van der Waals surface area contributed by atoms with Crippen molar-refractivity contribution >= 4 is 12.2 Å². The molecule has 0 radical (unpaired) electrons. The number of nitrogens with zero attached hydrogens (tertiary/aromatic N) is 4. The van der Waals surface area contributed by atoms with E-state index in [0.29, 0.717) is 17.5 Å². The smallest absolute Gasteiger partial charge is 0.203 e. The topological polar surface area (TPSA) is 44.5 Å². The average molecular weight is 334 g/mol. The molecule has 1 aliphatic rings. The van der Waals surface area contributed by atoms with Crippen molar-refractivity contribution in [3.8, 4) is 11.4 Å². The van der Waals surface area contributed by atoms with Gasteiger partial charge in [-0.25, -0.2) is 4.68 Å². The van der Waals surface area contributed by atoms with Crippen molar-refractivity contribution in [1.82, 2.24) is 19.2 Å². The molecule has 2 aromatic rings. The Bertz CT molecular complexity index is 704. The molecule has 0 N–H and O–H groups in total. The second-order valence-electron chi connectivity index (χ2n) is 5.65. The summed E-state index contributed by atoms with van der Waals surface area (Å²) in [6, 6.07) is 7.80. The molecule has 3 rings (SSSR count). The Hall–Kier alpha value is -1.70. The van der Waals surface area contributed by atoms with Gasteiger partial charge in [0.05, 0.1) is 25.6 Å². The van der Waals surface area contributed by atoms with Crippen molar-refractivity contribution < 1.29 is 9.47 Å². The largest absolute Gasteiger partial charge is 0.495 e. The van der Waals surface area contributed by atoms with Crippen molar-refractivity contribution in [2.24, 2.45) is 0 Å². The molecule has 1 saturated heterocycles. The molecule has 0 atom stereocenters. The van der Waals surface area contributed by atoms with Crippen LogP contribution in [0.25, 0.3) is 5.69 Å². The summed E-state index contributed by atoms with van der Waals surface area (Å²) < 4.78 is 15.2. The first kappa shape index (κ1) is 16.2. The van der Waals surface area contributed by atoms with Gasteiger partial charge in [-0.15, -0.1) is 0 Å². The fourth-order valence-corrected chi connectivity index (χ4v) is 3.15. The second kappa shape index (κ2) is 7.25. The van der Waals surface area contributed by atoms with Gasteiger partial charge >= 0.3 is 0 Å². The molecule has 23 heavy (non-hydrogen) atoms. The lowest BCUT2D eigenvalue weighted by atomic mass is 10.1. The molecule has 1 fully saturated rings. The zero-order valence-corrected chi connectivity index (χ0v) is 14.3. The summed E-state index contributed by atoms with van der Waals surface area (Å²) >= 11 is 5.59. The van der Waals surface area contributed by atoms with Crippen LogP contribution >= 0.6 is 12.2 Å². The summed E-state index contributed by atoms with van der Waals surface area (Å²) in [6.07, 6.45) is 4.24. The standard InChI is InChI=1S/C16H22N4O2S/c1-21-13-7-9-18(10-8-13)12-20-16(23)19(11-17-20)14-5-3-4-6-15(14)22-2/h3-6,11,13H,7-10,12H2,1-2H3. The molecule has 124 valence electrons. The Morgan fingerprint density at radius 3 is 2.65 bits per heavy atom. The minimum atomic E-state index is 0.380. The van der Waals surface area contributed by atoms with Gasteiger partial charge in [-0.1, -0.05) is 12.1 Å². The van der Waals surface area contributed by atoms with Gasteiger partial charge < -0.3 is 9.47 Å². The molecule has 0 bridgehead atoms. The molecular weight excluding hydrogens is 312 g/mol. The molecular formula is C16H22N4O2S. The predicted molar refractivity (Wildman–Crippen MR) is 90.5 cm³/mol. The molecule has 0 unspecified atom stereocenters. The van der Waals surface area contributed by atoms with E-state index in [2.05, 4.69) is 10.00 Å². The predicted octanol–water partition coefficient (Wildman–Crippen LogP) is 2.48. The van der Waals surface area contributed by atoms with Crippen LogP contribution in [0, 0.1) is 4.77 Å². The number of likely N-dealkylation sites (tertiary alicyclic amines) is 1. The zero-order chi connectivity index (χ0) is 16.2. The number of piperidine rings is 1. The van der Waals surface area contributed by atoms with Crippen molar-refractivity contribution in [3.05, 3.63) is 35.4 Å². The molecule has 0 amide bonds. The highest BCUT2D eigenvalue weighted by Gasteiger charge is 2.19. The normalized spacial score (nSPS) is 16.6. The van der Waals surface area contributed by atoms with E-state index in [-0.39, 0.29) is 0 Å². The Kier molecular flexibility index (Phi) is 5.09. The molecule has 1 aromatic heterocycles. The maximum Gasteiger partial charge on any atom is 0.203 e. The summed E-state index contributed by atoms with van der Waals surface area (Å²) in [4.78, 5) is 2.35. The molecule has 0 spiro atoms. The van der Waals surface area contributed by atoms with Gasteiger partial charge in [0.2, 0.25) is 4.77 Å². The molecule has 0 saturated carbocycles. The lowest BCUT2D eigenvalue weighted by Gasteiger charge is -2.30. The molecule has 7 heteroatoms. The second-order valence-corrected chi connectivity index (χ2v) is 6.01. The number of hydrogen-bond donors (Lipinski definition) is 0. The van der Waals surface area contributed by atoms with Gasteiger partial charge in [-0.05, 0) is 37.2 Å². The van der Waals surface area contributed by atoms with Crippen LogP contribution in [0.5, 0.6) is 5.75 Å². The minimum absolute atomic E-state index is 0.380. The third-order valence-corrected chi connectivity index (χ3v) is 4.69. The van der Waals surface area contributed by atoms with E-state index in [1.54, 1.807) is 20.5 Å². The van der Waals surface area contributed by atoms with E-state index in [4.69, 9.17) is 21.7 Å². The van der Waals surface area contributed by atoms with Crippen molar-refractivity contribution in [3.63, 3.8) is 0 Å². The summed E-state index contributed by atoms with van der Waals surface area (Å²) in [5, 5.41) is 4.45. The number of hydrogen-bond acceptors (Lipinski definition) is 5. The SMILES string of the molecule is COc1ccccc1-n1cnn(CN2CCC(OC)CC2)c1=S. The van der Waals surface area contributed by atoms with Crippen LogP contribution in [0.1, 0.15) is 12.8 Å². The lowest BCUT2D eigenvalue weighted by Crippen LogP contribution is -2.38. The highest BCUT2D eigenvalue weighted by Crippen LogP contribution is 2.22. The first-order valence-electron chi connectivity index (χ1n) is 7.76. The summed E-state index contributed by atoms with van der Waals surface area (Å²) in [7, 11) is 3.44. The number of benzene rings is 1. The molecule has 6 nitrogen and oxygen atoms in total. The molecule has 0 aliphatic carbocycles. The highest BCUT2D eigenvalue weighted by atomic mass is 32.1.